The van der Waals surface area contributed by atoms with Gasteiger partial charge in [-0.3, -0.25) is 5.84 Å². The van der Waals surface area contributed by atoms with E-state index in [1.165, 1.54) is 17.7 Å². The van der Waals surface area contributed by atoms with E-state index in [9.17, 15) is 4.39 Å². The largest absolute Gasteiger partial charge is 0.271 e. The van der Waals surface area contributed by atoms with Crippen LogP contribution in [0, 0.1) is 12.7 Å². The second-order valence-corrected chi connectivity index (χ2v) is 5.10. The van der Waals surface area contributed by atoms with Gasteiger partial charge in [0.1, 0.15) is 5.82 Å². The van der Waals surface area contributed by atoms with Crippen molar-refractivity contribution in [2.24, 2.45) is 5.84 Å². The molecule has 0 fully saturated rings. The van der Waals surface area contributed by atoms with E-state index >= 15 is 0 Å². The molecule has 2 aromatic rings. The van der Waals surface area contributed by atoms with Gasteiger partial charge in [0.15, 0.2) is 0 Å². The third-order valence-electron chi connectivity index (χ3n) is 3.53. The summed E-state index contributed by atoms with van der Waals surface area (Å²) < 4.78 is 13.2. The monoisotopic (exact) mass is 272 g/mol. The summed E-state index contributed by atoms with van der Waals surface area (Å²) in [6.07, 6.45) is 2.16. The Hall–Kier alpha value is -1.71. The number of halogens is 1. The molecular weight excluding hydrogens is 251 g/mol. The highest BCUT2D eigenvalue weighted by atomic mass is 19.1. The second kappa shape index (κ2) is 6.64. The first-order chi connectivity index (χ1) is 9.65. The number of benzene rings is 2. The molecular formula is C17H21FN2. The maximum Gasteiger partial charge on any atom is 0.123 e. The fourth-order valence-electron chi connectivity index (χ4n) is 2.55. The van der Waals surface area contributed by atoms with Gasteiger partial charge in [-0.1, -0.05) is 43.7 Å². The molecule has 0 saturated carbocycles. The molecule has 0 bridgehead atoms. The first kappa shape index (κ1) is 14.7. The Morgan fingerprint density at radius 1 is 1.20 bits per heavy atom. The Morgan fingerprint density at radius 2 is 2.00 bits per heavy atom. The van der Waals surface area contributed by atoms with Crippen LogP contribution in [0.5, 0.6) is 0 Å². The molecule has 1 atom stereocenters. The smallest absolute Gasteiger partial charge is 0.123 e. The van der Waals surface area contributed by atoms with Crippen molar-refractivity contribution in [1.29, 1.82) is 0 Å². The van der Waals surface area contributed by atoms with E-state index in [-0.39, 0.29) is 11.9 Å². The summed E-state index contributed by atoms with van der Waals surface area (Å²) in [4.78, 5) is 0. The summed E-state index contributed by atoms with van der Waals surface area (Å²) in [5, 5.41) is 0. The van der Waals surface area contributed by atoms with Crippen LogP contribution in [-0.2, 0) is 6.42 Å². The molecule has 0 aromatic heterocycles. The van der Waals surface area contributed by atoms with Crippen LogP contribution in [0.2, 0.25) is 0 Å². The summed E-state index contributed by atoms with van der Waals surface area (Å²) in [6.45, 7) is 4.06. The van der Waals surface area contributed by atoms with Gasteiger partial charge in [-0.15, -0.1) is 0 Å². The van der Waals surface area contributed by atoms with Crippen molar-refractivity contribution in [3.63, 3.8) is 0 Å². The third-order valence-corrected chi connectivity index (χ3v) is 3.53. The Balaban J connectivity index is 2.38. The number of hydrogen-bond acceptors (Lipinski definition) is 2. The number of hydrazine groups is 1. The van der Waals surface area contributed by atoms with Gasteiger partial charge in [0.05, 0.1) is 6.04 Å². The van der Waals surface area contributed by atoms with Crippen molar-refractivity contribution in [3.8, 4) is 0 Å². The molecule has 2 aromatic carbocycles. The summed E-state index contributed by atoms with van der Waals surface area (Å²) in [6, 6.07) is 13.1. The number of hydrogen-bond donors (Lipinski definition) is 2. The van der Waals surface area contributed by atoms with Gasteiger partial charge in [-0.25, -0.2) is 9.82 Å². The van der Waals surface area contributed by atoms with Crippen LogP contribution in [0.3, 0.4) is 0 Å². The molecule has 3 N–H and O–H groups in total. The first-order valence-electron chi connectivity index (χ1n) is 6.96. The molecule has 106 valence electrons. The van der Waals surface area contributed by atoms with E-state index in [2.05, 4.69) is 24.5 Å². The van der Waals surface area contributed by atoms with E-state index < -0.39 is 0 Å². The lowest BCUT2D eigenvalue weighted by Crippen LogP contribution is -2.29. The van der Waals surface area contributed by atoms with Crippen molar-refractivity contribution in [2.75, 3.05) is 0 Å². The summed E-state index contributed by atoms with van der Waals surface area (Å²) in [5.41, 5.74) is 7.14. The van der Waals surface area contributed by atoms with Crippen LogP contribution in [0.4, 0.5) is 4.39 Å². The molecule has 0 radical (unpaired) electrons. The molecule has 0 aliphatic heterocycles. The highest BCUT2D eigenvalue weighted by molar-refractivity contribution is 5.38. The highest BCUT2D eigenvalue weighted by Gasteiger charge is 2.15. The van der Waals surface area contributed by atoms with Crippen molar-refractivity contribution in [2.45, 2.75) is 32.7 Å². The molecule has 0 saturated heterocycles. The minimum atomic E-state index is -0.221. The van der Waals surface area contributed by atoms with Gasteiger partial charge in [0.25, 0.3) is 0 Å². The van der Waals surface area contributed by atoms with Crippen LogP contribution in [0.15, 0.2) is 42.5 Å². The van der Waals surface area contributed by atoms with E-state index in [0.717, 1.165) is 29.5 Å². The molecule has 2 rings (SSSR count). The molecule has 0 spiro atoms. The van der Waals surface area contributed by atoms with Crippen LogP contribution in [0.25, 0.3) is 0 Å². The van der Waals surface area contributed by atoms with E-state index in [4.69, 9.17) is 5.84 Å². The van der Waals surface area contributed by atoms with Gasteiger partial charge in [-0.2, -0.15) is 0 Å². The van der Waals surface area contributed by atoms with Crippen LogP contribution < -0.4 is 11.3 Å². The maximum atomic E-state index is 13.2. The SMILES string of the molecule is CCCc1cccc(C(NN)c2ccc(F)cc2C)c1. The van der Waals surface area contributed by atoms with Gasteiger partial charge in [0.2, 0.25) is 0 Å². The lowest BCUT2D eigenvalue weighted by atomic mass is 9.93. The Morgan fingerprint density at radius 3 is 2.65 bits per heavy atom. The van der Waals surface area contributed by atoms with Crippen LogP contribution >= 0.6 is 0 Å². The fourth-order valence-corrected chi connectivity index (χ4v) is 2.55. The molecule has 1 unspecified atom stereocenters. The van der Waals surface area contributed by atoms with Crippen LogP contribution in [-0.4, -0.2) is 0 Å². The Kier molecular flexibility index (Phi) is 4.88. The second-order valence-electron chi connectivity index (χ2n) is 5.10. The fraction of sp³-hybridized carbons (Fsp3) is 0.294. The van der Waals surface area contributed by atoms with E-state index in [1.54, 1.807) is 6.07 Å². The van der Waals surface area contributed by atoms with E-state index in [0.29, 0.717) is 0 Å². The zero-order valence-corrected chi connectivity index (χ0v) is 12.0. The van der Waals surface area contributed by atoms with Gasteiger partial charge >= 0.3 is 0 Å². The quantitative estimate of drug-likeness (QED) is 0.644. The molecule has 0 aliphatic carbocycles. The molecule has 0 aliphatic rings. The number of aryl methyl sites for hydroxylation is 2. The first-order valence-corrected chi connectivity index (χ1v) is 6.96. The third kappa shape index (κ3) is 3.24. The van der Waals surface area contributed by atoms with Crippen molar-refractivity contribution in [3.05, 3.63) is 70.5 Å². The lowest BCUT2D eigenvalue weighted by molar-refractivity contribution is 0.611. The van der Waals surface area contributed by atoms with Gasteiger partial charge in [-0.05, 0) is 47.7 Å². The summed E-state index contributed by atoms with van der Waals surface area (Å²) in [5.74, 6) is 5.50. The van der Waals surface area contributed by atoms with Gasteiger partial charge in [0, 0.05) is 0 Å². The summed E-state index contributed by atoms with van der Waals surface area (Å²) in [7, 11) is 0. The Labute approximate surface area is 119 Å². The topological polar surface area (TPSA) is 38.0 Å². The minimum absolute atomic E-state index is 0.118. The highest BCUT2D eigenvalue weighted by Crippen LogP contribution is 2.25. The average molecular weight is 272 g/mol. The number of nitrogens with one attached hydrogen (secondary N) is 1. The predicted octanol–water partition coefficient (Wildman–Crippen LogP) is 3.64. The van der Waals surface area contributed by atoms with Crippen molar-refractivity contribution < 1.29 is 4.39 Å². The number of rotatable bonds is 5. The molecule has 0 heterocycles. The Bertz CT molecular complexity index is 581. The molecule has 3 heteroatoms. The van der Waals surface area contributed by atoms with Gasteiger partial charge < -0.3 is 0 Å². The molecule has 0 amide bonds. The lowest BCUT2D eigenvalue weighted by Gasteiger charge is -2.20. The number of nitrogens with two attached hydrogens (primary N) is 1. The zero-order chi connectivity index (χ0) is 14.5. The average Bonchev–Trinajstić information content (AvgIpc) is 2.43. The summed E-state index contributed by atoms with van der Waals surface area (Å²) >= 11 is 0. The standard InChI is InChI=1S/C17H21FN2/c1-3-5-13-6-4-7-14(11-13)17(20-19)16-9-8-15(18)10-12(16)2/h4,6-11,17,20H,3,5,19H2,1-2H3. The normalized spacial score (nSPS) is 12.4. The molecule has 20 heavy (non-hydrogen) atoms. The van der Waals surface area contributed by atoms with Crippen molar-refractivity contribution in [1.82, 2.24) is 5.43 Å². The predicted molar refractivity (Wildman–Crippen MR) is 80.7 cm³/mol. The van der Waals surface area contributed by atoms with E-state index in [1.807, 2.05) is 19.1 Å². The van der Waals surface area contributed by atoms with Crippen molar-refractivity contribution >= 4 is 0 Å². The van der Waals surface area contributed by atoms with Crippen LogP contribution in [0.1, 0.15) is 41.6 Å². The zero-order valence-electron chi connectivity index (χ0n) is 12.0. The minimum Gasteiger partial charge on any atom is -0.271 e. The molecule has 2 nitrogen and oxygen atoms in total. The maximum absolute atomic E-state index is 13.2.